The molecule has 1 unspecified atom stereocenters. The second kappa shape index (κ2) is 5.49. The van der Waals surface area contributed by atoms with Crippen molar-refractivity contribution in [1.29, 1.82) is 5.26 Å². The van der Waals surface area contributed by atoms with E-state index in [1.54, 1.807) is 7.11 Å². The number of hydrogen-bond acceptors (Lipinski definition) is 5. The zero-order valence-corrected chi connectivity index (χ0v) is 11.0. The van der Waals surface area contributed by atoms with Crippen LogP contribution in [0.1, 0.15) is 63.1 Å². The van der Waals surface area contributed by atoms with Crippen LogP contribution in [0.4, 0.5) is 0 Å². The number of methoxy groups -OCH3 is 1. The first kappa shape index (κ1) is 13.0. The summed E-state index contributed by atoms with van der Waals surface area (Å²) in [6, 6.07) is 2.13. The lowest BCUT2D eigenvalue weighted by Gasteiger charge is -2.22. The van der Waals surface area contributed by atoms with Crippen molar-refractivity contribution in [2.45, 2.75) is 57.0 Å². The summed E-state index contributed by atoms with van der Waals surface area (Å²) in [5.74, 6) is 1.41. The minimum atomic E-state index is -0.350. The van der Waals surface area contributed by atoms with E-state index in [-0.39, 0.29) is 11.5 Å². The van der Waals surface area contributed by atoms with E-state index in [4.69, 9.17) is 14.5 Å². The van der Waals surface area contributed by atoms with Crippen LogP contribution in [-0.2, 0) is 10.3 Å². The minimum Gasteiger partial charge on any atom is -0.370 e. The molecule has 1 aliphatic rings. The summed E-state index contributed by atoms with van der Waals surface area (Å²) in [7, 11) is 1.71. The first-order valence-electron chi connectivity index (χ1n) is 6.48. The van der Waals surface area contributed by atoms with Crippen LogP contribution in [0.15, 0.2) is 4.52 Å². The molecule has 18 heavy (non-hydrogen) atoms. The molecule has 2 rings (SSSR count). The smallest absolute Gasteiger partial charge is 0.229 e. The Hall–Kier alpha value is -1.41. The van der Waals surface area contributed by atoms with Gasteiger partial charge in [0.2, 0.25) is 11.7 Å². The fourth-order valence-electron chi connectivity index (χ4n) is 2.49. The second-order valence-electron chi connectivity index (χ2n) is 4.96. The Morgan fingerprint density at radius 2 is 2.22 bits per heavy atom. The van der Waals surface area contributed by atoms with Gasteiger partial charge in [-0.1, -0.05) is 12.1 Å². The fourth-order valence-corrected chi connectivity index (χ4v) is 2.49. The zero-order chi connectivity index (χ0) is 13.0. The number of ether oxygens (including phenoxy) is 1. The highest BCUT2D eigenvalue weighted by Crippen LogP contribution is 2.40. The SMILES string of the molecule is COC1(c2noc(C(C)CCC#N)n2)CCCC1. The molecule has 98 valence electrons. The number of nitriles is 1. The lowest BCUT2D eigenvalue weighted by molar-refractivity contribution is -0.0178. The van der Waals surface area contributed by atoms with Gasteiger partial charge in [-0.15, -0.1) is 0 Å². The zero-order valence-electron chi connectivity index (χ0n) is 11.0. The van der Waals surface area contributed by atoms with E-state index in [0.717, 1.165) is 32.1 Å². The van der Waals surface area contributed by atoms with Crippen LogP contribution in [-0.4, -0.2) is 17.3 Å². The summed E-state index contributed by atoms with van der Waals surface area (Å²) in [6.45, 7) is 2.00. The molecule has 0 radical (unpaired) electrons. The average Bonchev–Trinajstić information content (AvgIpc) is 3.04. The molecule has 0 saturated heterocycles. The Kier molecular flexibility index (Phi) is 3.97. The molecule has 1 fully saturated rings. The predicted octanol–water partition coefficient (Wildman–Crippen LogP) is 2.89. The molecule has 5 heteroatoms. The molecular weight excluding hydrogens is 230 g/mol. The highest BCUT2D eigenvalue weighted by molar-refractivity contribution is 5.06. The highest BCUT2D eigenvalue weighted by Gasteiger charge is 2.40. The van der Waals surface area contributed by atoms with Crippen LogP contribution in [0.25, 0.3) is 0 Å². The summed E-state index contributed by atoms with van der Waals surface area (Å²) in [4.78, 5) is 4.48. The molecule has 0 spiro atoms. The van der Waals surface area contributed by atoms with Crippen molar-refractivity contribution < 1.29 is 9.26 Å². The maximum absolute atomic E-state index is 8.58. The molecule has 0 N–H and O–H groups in total. The maximum Gasteiger partial charge on any atom is 0.229 e. The third kappa shape index (κ3) is 2.39. The third-order valence-electron chi connectivity index (χ3n) is 3.76. The van der Waals surface area contributed by atoms with Crippen LogP contribution in [0.3, 0.4) is 0 Å². The molecule has 1 aromatic rings. The van der Waals surface area contributed by atoms with Gasteiger partial charge in [0, 0.05) is 19.4 Å². The summed E-state index contributed by atoms with van der Waals surface area (Å²) >= 11 is 0. The number of aromatic nitrogens is 2. The first-order chi connectivity index (χ1) is 8.72. The van der Waals surface area contributed by atoms with Crippen molar-refractivity contribution in [3.63, 3.8) is 0 Å². The molecule has 1 aromatic heterocycles. The average molecular weight is 249 g/mol. The molecule has 0 aliphatic heterocycles. The van der Waals surface area contributed by atoms with Crippen LogP contribution in [0.2, 0.25) is 0 Å². The van der Waals surface area contributed by atoms with Crippen molar-refractivity contribution >= 4 is 0 Å². The van der Waals surface area contributed by atoms with Crippen LogP contribution in [0.5, 0.6) is 0 Å². The molecular formula is C13H19N3O2. The number of nitrogens with zero attached hydrogens (tertiary/aromatic N) is 3. The van der Waals surface area contributed by atoms with Crippen molar-refractivity contribution in [1.82, 2.24) is 10.1 Å². The lowest BCUT2D eigenvalue weighted by atomic mass is 10.0. The van der Waals surface area contributed by atoms with Crippen molar-refractivity contribution in [2.24, 2.45) is 0 Å². The van der Waals surface area contributed by atoms with Gasteiger partial charge in [0.25, 0.3) is 0 Å². The molecule has 1 aliphatic carbocycles. The summed E-state index contributed by atoms with van der Waals surface area (Å²) in [5, 5.41) is 12.7. The maximum atomic E-state index is 8.58. The summed E-state index contributed by atoms with van der Waals surface area (Å²) < 4.78 is 10.9. The van der Waals surface area contributed by atoms with Crippen LogP contribution >= 0.6 is 0 Å². The first-order valence-corrected chi connectivity index (χ1v) is 6.48. The quantitative estimate of drug-likeness (QED) is 0.802. The largest absolute Gasteiger partial charge is 0.370 e. The van der Waals surface area contributed by atoms with E-state index >= 15 is 0 Å². The topological polar surface area (TPSA) is 71.9 Å². The van der Waals surface area contributed by atoms with Gasteiger partial charge in [-0.05, 0) is 32.1 Å². The number of hydrogen-bond donors (Lipinski definition) is 0. The standard InChI is InChI=1S/C13H19N3O2/c1-10(6-5-9-14)11-15-12(16-18-11)13(17-2)7-3-4-8-13/h10H,3-8H2,1-2H3. The van der Waals surface area contributed by atoms with Crippen LogP contribution < -0.4 is 0 Å². The van der Waals surface area contributed by atoms with E-state index in [9.17, 15) is 0 Å². The van der Waals surface area contributed by atoms with E-state index in [1.807, 2.05) is 6.92 Å². The normalized spacial score (nSPS) is 19.6. The Labute approximate surface area is 107 Å². The van der Waals surface area contributed by atoms with Crippen molar-refractivity contribution in [3.05, 3.63) is 11.7 Å². The molecule has 0 amide bonds. The van der Waals surface area contributed by atoms with Gasteiger partial charge < -0.3 is 9.26 Å². The van der Waals surface area contributed by atoms with Crippen molar-refractivity contribution in [2.75, 3.05) is 7.11 Å². The Morgan fingerprint density at radius 3 is 2.83 bits per heavy atom. The Morgan fingerprint density at radius 1 is 1.50 bits per heavy atom. The van der Waals surface area contributed by atoms with Gasteiger partial charge in [-0.2, -0.15) is 10.2 Å². The molecule has 0 aromatic carbocycles. The van der Waals surface area contributed by atoms with Gasteiger partial charge in [0.1, 0.15) is 5.60 Å². The third-order valence-corrected chi connectivity index (χ3v) is 3.76. The predicted molar refractivity (Wildman–Crippen MR) is 64.7 cm³/mol. The fraction of sp³-hybridized carbons (Fsp3) is 0.769. The number of rotatable bonds is 5. The van der Waals surface area contributed by atoms with E-state index < -0.39 is 0 Å². The van der Waals surface area contributed by atoms with E-state index in [2.05, 4.69) is 16.2 Å². The van der Waals surface area contributed by atoms with Gasteiger partial charge in [-0.25, -0.2) is 0 Å². The Bertz CT molecular complexity index is 430. The van der Waals surface area contributed by atoms with Crippen LogP contribution in [0, 0.1) is 11.3 Å². The highest BCUT2D eigenvalue weighted by atomic mass is 16.5. The van der Waals surface area contributed by atoms with Gasteiger partial charge in [-0.3, -0.25) is 0 Å². The monoisotopic (exact) mass is 249 g/mol. The second-order valence-corrected chi connectivity index (χ2v) is 4.96. The van der Waals surface area contributed by atoms with Crippen molar-refractivity contribution in [3.8, 4) is 6.07 Å². The molecule has 1 saturated carbocycles. The van der Waals surface area contributed by atoms with Gasteiger partial charge in [0.05, 0.1) is 6.07 Å². The molecule has 1 atom stereocenters. The Balaban J connectivity index is 2.12. The minimum absolute atomic E-state index is 0.126. The molecule has 1 heterocycles. The summed E-state index contributed by atoms with van der Waals surface area (Å²) in [6.07, 6.45) is 5.44. The molecule has 0 bridgehead atoms. The van der Waals surface area contributed by atoms with E-state index in [1.165, 1.54) is 0 Å². The molecule has 5 nitrogen and oxygen atoms in total. The van der Waals surface area contributed by atoms with Gasteiger partial charge >= 0.3 is 0 Å². The lowest BCUT2D eigenvalue weighted by Crippen LogP contribution is -2.26. The van der Waals surface area contributed by atoms with E-state index in [0.29, 0.717) is 18.1 Å². The van der Waals surface area contributed by atoms with Gasteiger partial charge in [0.15, 0.2) is 0 Å². The summed E-state index contributed by atoms with van der Waals surface area (Å²) in [5.41, 5.74) is -0.350.